The van der Waals surface area contributed by atoms with Gasteiger partial charge in [0, 0.05) is 21.4 Å². The summed E-state index contributed by atoms with van der Waals surface area (Å²) in [5.41, 5.74) is 3.31. The Kier molecular flexibility index (Phi) is 4.41. The predicted octanol–water partition coefficient (Wildman–Crippen LogP) is 5.96. The zero-order valence-electron chi connectivity index (χ0n) is 15.4. The minimum atomic E-state index is -0.153. The van der Waals surface area contributed by atoms with Crippen LogP contribution in [0.25, 0.3) is 26.8 Å². The lowest BCUT2D eigenvalue weighted by atomic mass is 10.2. The molecule has 5 aromatic rings. The quantitative estimate of drug-likeness (QED) is 0.359. The van der Waals surface area contributed by atoms with Gasteiger partial charge in [0.2, 0.25) is 0 Å². The van der Waals surface area contributed by atoms with E-state index in [-0.39, 0.29) is 5.91 Å². The normalized spacial score (nSPS) is 11.2. The number of para-hydroxylation sites is 1. The van der Waals surface area contributed by atoms with Crippen LogP contribution in [0.15, 0.2) is 71.3 Å². The first-order valence-corrected chi connectivity index (χ1v) is 10.6. The van der Waals surface area contributed by atoms with Crippen LogP contribution >= 0.6 is 27.3 Å². The first-order valence-electron chi connectivity index (χ1n) is 9.01. The highest BCUT2D eigenvalue weighted by atomic mass is 79.9. The molecule has 0 saturated heterocycles. The van der Waals surface area contributed by atoms with Crippen LogP contribution in [0.3, 0.4) is 0 Å². The Morgan fingerprint density at radius 3 is 2.72 bits per heavy atom. The van der Waals surface area contributed by atoms with Crippen molar-refractivity contribution in [2.24, 2.45) is 0 Å². The van der Waals surface area contributed by atoms with Crippen LogP contribution in [0.2, 0.25) is 0 Å². The summed E-state index contributed by atoms with van der Waals surface area (Å²) in [6.07, 6.45) is 1.72. The van der Waals surface area contributed by atoms with Gasteiger partial charge >= 0.3 is 0 Å². The van der Waals surface area contributed by atoms with E-state index in [0.717, 1.165) is 37.0 Å². The van der Waals surface area contributed by atoms with Crippen LogP contribution in [0.4, 0.5) is 5.69 Å². The van der Waals surface area contributed by atoms with Gasteiger partial charge in [0.15, 0.2) is 0 Å². The Hall–Kier alpha value is -3.03. The fraction of sp³-hybridized carbons (Fsp3) is 0.0455. The van der Waals surface area contributed by atoms with E-state index in [9.17, 15) is 4.79 Å². The molecule has 7 heteroatoms. The summed E-state index contributed by atoms with van der Waals surface area (Å²) < 4.78 is 2.84. The number of carbonyl (C=O) groups is 1. The van der Waals surface area contributed by atoms with Crippen LogP contribution in [0, 0.1) is 6.92 Å². The highest BCUT2D eigenvalue weighted by molar-refractivity contribution is 9.10. The second-order valence-electron chi connectivity index (χ2n) is 6.61. The molecule has 1 amide bonds. The Labute approximate surface area is 179 Å². The molecule has 5 rings (SSSR count). The van der Waals surface area contributed by atoms with Crippen LogP contribution < -0.4 is 5.32 Å². The third-order valence-corrected chi connectivity index (χ3v) is 6.53. The summed E-state index contributed by atoms with van der Waals surface area (Å²) in [5, 5.41) is 9.60. The molecule has 0 fully saturated rings. The average molecular weight is 463 g/mol. The van der Waals surface area contributed by atoms with E-state index in [0.29, 0.717) is 10.6 Å². The highest BCUT2D eigenvalue weighted by Gasteiger charge is 2.18. The minimum absolute atomic E-state index is 0.153. The van der Waals surface area contributed by atoms with Crippen molar-refractivity contribution in [3.05, 3.63) is 81.9 Å². The minimum Gasteiger partial charge on any atom is -0.319 e. The monoisotopic (exact) mass is 462 g/mol. The van der Waals surface area contributed by atoms with Gasteiger partial charge in [-0.1, -0.05) is 40.2 Å². The number of halogens is 1. The van der Waals surface area contributed by atoms with Crippen LogP contribution in [-0.2, 0) is 0 Å². The number of thiophene rings is 1. The van der Waals surface area contributed by atoms with Crippen LogP contribution in [-0.4, -0.2) is 20.7 Å². The molecule has 0 atom stereocenters. The fourth-order valence-electron chi connectivity index (χ4n) is 3.33. The number of hydrogen-bond donors (Lipinski definition) is 1. The number of fused-ring (bicyclic) bond motifs is 2. The van der Waals surface area contributed by atoms with Gasteiger partial charge in [0.25, 0.3) is 5.91 Å². The molecule has 1 N–H and O–H groups in total. The molecule has 29 heavy (non-hydrogen) atoms. The number of nitrogens with zero attached hydrogens (tertiary/aromatic N) is 3. The second-order valence-corrected chi connectivity index (χ2v) is 8.50. The summed E-state index contributed by atoms with van der Waals surface area (Å²) in [6, 6.07) is 19.5. The predicted molar refractivity (Wildman–Crippen MR) is 121 cm³/mol. The lowest BCUT2D eigenvalue weighted by Crippen LogP contribution is -2.10. The summed E-state index contributed by atoms with van der Waals surface area (Å²) in [7, 11) is 0. The van der Waals surface area contributed by atoms with Gasteiger partial charge in [-0.3, -0.25) is 9.78 Å². The number of aryl methyl sites for hydroxylation is 1. The standard InChI is InChI=1S/C22H15BrN4OS/c1-13-16-12-19(29-22(16)27(26-13)14-6-3-2-4-7-14)21(28)25-18-10-9-17(23)15-8-5-11-24-20(15)18/h2-12H,1H3,(H,25,28). The van der Waals surface area contributed by atoms with Crippen molar-refractivity contribution in [3.8, 4) is 5.69 Å². The van der Waals surface area contributed by atoms with E-state index in [2.05, 4.69) is 31.3 Å². The summed E-state index contributed by atoms with van der Waals surface area (Å²) in [6.45, 7) is 1.96. The van der Waals surface area contributed by atoms with Gasteiger partial charge in [-0.05, 0) is 43.3 Å². The fourth-order valence-corrected chi connectivity index (χ4v) is 4.86. The van der Waals surface area contributed by atoms with Gasteiger partial charge in [0.05, 0.1) is 27.5 Å². The van der Waals surface area contributed by atoms with Gasteiger partial charge in [-0.2, -0.15) is 5.10 Å². The van der Waals surface area contributed by atoms with Crippen LogP contribution in [0.5, 0.6) is 0 Å². The third kappa shape index (κ3) is 3.12. The topological polar surface area (TPSA) is 59.8 Å². The molecule has 5 nitrogen and oxygen atoms in total. The SMILES string of the molecule is Cc1nn(-c2ccccc2)c2sc(C(=O)Nc3ccc(Br)c4cccnc34)cc12. The Morgan fingerprint density at radius 2 is 1.90 bits per heavy atom. The maximum absolute atomic E-state index is 13.0. The van der Waals surface area contributed by atoms with Crippen LogP contribution in [0.1, 0.15) is 15.4 Å². The lowest BCUT2D eigenvalue weighted by Gasteiger charge is -2.08. The van der Waals surface area contributed by atoms with E-state index < -0.39 is 0 Å². The molecular formula is C22H15BrN4OS. The summed E-state index contributed by atoms with van der Waals surface area (Å²) in [5.74, 6) is -0.153. The molecule has 2 aromatic carbocycles. The van der Waals surface area contributed by atoms with Crippen molar-refractivity contribution in [1.82, 2.24) is 14.8 Å². The van der Waals surface area contributed by atoms with E-state index in [1.165, 1.54) is 11.3 Å². The molecule has 0 aliphatic carbocycles. The molecule has 3 aromatic heterocycles. The third-order valence-electron chi connectivity index (χ3n) is 4.73. The van der Waals surface area contributed by atoms with Crippen molar-refractivity contribution < 1.29 is 4.79 Å². The summed E-state index contributed by atoms with van der Waals surface area (Å²) >= 11 is 4.97. The van der Waals surface area contributed by atoms with Gasteiger partial charge < -0.3 is 5.32 Å². The smallest absolute Gasteiger partial charge is 0.265 e. The van der Waals surface area contributed by atoms with E-state index in [4.69, 9.17) is 0 Å². The zero-order chi connectivity index (χ0) is 20.0. The number of rotatable bonds is 3. The average Bonchev–Trinajstić information content (AvgIpc) is 3.32. The zero-order valence-corrected chi connectivity index (χ0v) is 17.8. The molecule has 0 radical (unpaired) electrons. The number of amides is 1. The van der Waals surface area contributed by atoms with Crippen molar-refractivity contribution >= 4 is 60.0 Å². The number of benzene rings is 2. The highest BCUT2D eigenvalue weighted by Crippen LogP contribution is 2.32. The lowest BCUT2D eigenvalue weighted by molar-refractivity contribution is 0.103. The molecule has 0 aliphatic heterocycles. The molecule has 0 unspecified atom stereocenters. The molecule has 0 spiro atoms. The molecule has 0 bridgehead atoms. The maximum atomic E-state index is 13.0. The van der Waals surface area contributed by atoms with Gasteiger partial charge in [0.1, 0.15) is 4.83 Å². The second kappa shape index (κ2) is 7.09. The molecule has 0 aliphatic rings. The molecular weight excluding hydrogens is 448 g/mol. The van der Waals surface area contributed by atoms with Crippen molar-refractivity contribution in [3.63, 3.8) is 0 Å². The largest absolute Gasteiger partial charge is 0.319 e. The first kappa shape index (κ1) is 18.0. The van der Waals surface area contributed by atoms with Gasteiger partial charge in [-0.25, -0.2) is 4.68 Å². The Morgan fingerprint density at radius 1 is 1.07 bits per heavy atom. The van der Waals surface area contributed by atoms with Crippen molar-refractivity contribution in [2.45, 2.75) is 6.92 Å². The Bertz CT molecular complexity index is 1370. The van der Waals surface area contributed by atoms with E-state index in [1.807, 2.05) is 72.3 Å². The Balaban J connectivity index is 1.54. The maximum Gasteiger partial charge on any atom is 0.265 e. The molecule has 0 saturated carbocycles. The number of pyridine rings is 1. The summed E-state index contributed by atoms with van der Waals surface area (Å²) in [4.78, 5) is 19.0. The van der Waals surface area contributed by atoms with E-state index in [1.54, 1.807) is 6.20 Å². The number of aromatic nitrogens is 3. The number of carbonyl (C=O) groups excluding carboxylic acids is 1. The number of hydrogen-bond acceptors (Lipinski definition) is 4. The van der Waals surface area contributed by atoms with E-state index >= 15 is 0 Å². The number of anilines is 1. The molecule has 3 heterocycles. The van der Waals surface area contributed by atoms with Crippen molar-refractivity contribution in [1.29, 1.82) is 0 Å². The van der Waals surface area contributed by atoms with Crippen molar-refractivity contribution in [2.75, 3.05) is 5.32 Å². The first-order chi connectivity index (χ1) is 14.1. The molecule has 142 valence electrons. The van der Waals surface area contributed by atoms with Gasteiger partial charge in [-0.15, -0.1) is 11.3 Å². The number of nitrogens with one attached hydrogen (secondary N) is 1.